The first-order valence-corrected chi connectivity index (χ1v) is 47.7. The lowest BCUT2D eigenvalue weighted by molar-refractivity contribution is -0.386. The lowest BCUT2D eigenvalue weighted by Gasteiger charge is -2.33. The molecule has 17 heterocycles. The predicted molar refractivity (Wildman–Crippen MR) is 533 cm³/mol. The number of aromatic hydroxyl groups is 1. The van der Waals surface area contributed by atoms with E-state index in [-0.39, 0.29) is 173 Å². The number of hydrogen-bond donors (Lipinski definition) is 8. The van der Waals surface area contributed by atoms with Gasteiger partial charge in [0, 0.05) is 91.4 Å². The Bertz CT molecular complexity index is 8460. The molecule has 0 amide bonds. The van der Waals surface area contributed by atoms with Crippen molar-refractivity contribution < 1.29 is 110 Å². The lowest BCUT2D eigenvalue weighted by atomic mass is 9.84. The number of benzene rings is 5. The first kappa shape index (κ1) is 102. The van der Waals surface area contributed by atoms with Crippen molar-refractivity contribution in [3.05, 3.63) is 277 Å². The number of aliphatic hydroxyl groups is 4. The van der Waals surface area contributed by atoms with Crippen LogP contribution in [-0.4, -0.2) is 160 Å². The number of nitrogens with two attached hydrogens (primary N) is 2. The largest absolute Gasteiger partial charge is 0.503 e. The first-order chi connectivity index (χ1) is 71.3. The third-order valence-corrected chi connectivity index (χ3v) is 28.0. The highest BCUT2D eigenvalue weighted by Gasteiger charge is 2.56. The number of aliphatic imine (C=N–C) groups is 1. The molecule has 5 aromatic carbocycles. The van der Waals surface area contributed by atoms with E-state index in [1.54, 1.807) is 80.8 Å². The van der Waals surface area contributed by atoms with Gasteiger partial charge in [-0.3, -0.25) is 53.5 Å². The normalized spacial score (nSPS) is 18.9. The molecule has 13 aromatic rings. The number of nitrogen functional groups attached to an aromatic ring is 2. The monoisotopic (exact) mass is 2060 g/mol. The number of fused-ring (bicyclic) bond motifs is 20. The molecule has 0 bridgehead atoms. The van der Waals surface area contributed by atoms with Gasteiger partial charge < -0.3 is 84.6 Å². The summed E-state index contributed by atoms with van der Waals surface area (Å²) in [4.78, 5) is 163. The molecule has 0 saturated carbocycles. The Kier molecular flexibility index (Phi) is 25.8. The second-order valence-corrected chi connectivity index (χ2v) is 39.2. The number of carbonyl (C=O) groups excluding carboxylic acids is 5. The third kappa shape index (κ3) is 16.6. The number of nitro groups is 2. The SMILES string of the molecule is CC[C@@]1(O)C(=O)OCc2c1c(N)c1n(c2=O)Cc2c-1nc1ccccc1c2/C=C/C(=O)OC(C)(C)C.CC[C@@]1(O)C(=O)OCc2c1c(N)c1n(c2=O)Cc2c-1nc1ccccc1c2CNCC(C)(C)C.CC[C@@]1(O)C(=O)OCc2c1c([N+](=O)[O-])c1n(c2=O)Cc2c-1nc1ccccc1c2/C=N/N1CCOCOC1.CC[C@@]1(O)C(=O)OCc2c1c([N+](=O)[O-])c1n(c2=O)Cc2c-1nc1ccccc1c2C=Nc1c(F)c(F)c(O)c(F)c1F. The van der Waals surface area contributed by atoms with Crippen LogP contribution in [0.25, 0.3) is 95.2 Å². The van der Waals surface area contributed by atoms with Crippen LogP contribution in [0.2, 0.25) is 0 Å². The summed E-state index contributed by atoms with van der Waals surface area (Å²) in [6, 6.07) is 28.8. The molecule has 0 unspecified atom stereocenters. The van der Waals surface area contributed by atoms with Crippen molar-refractivity contribution in [3.8, 4) is 51.3 Å². The molecule has 774 valence electrons. The van der Waals surface area contributed by atoms with Gasteiger partial charge in [0.2, 0.25) is 11.6 Å². The van der Waals surface area contributed by atoms with Gasteiger partial charge in [-0.1, -0.05) is 121 Å². The van der Waals surface area contributed by atoms with E-state index in [4.69, 9.17) is 59.6 Å². The molecular formula is C105H96F4N16O25. The van der Waals surface area contributed by atoms with E-state index in [2.05, 4.69) is 41.2 Å². The van der Waals surface area contributed by atoms with Gasteiger partial charge >= 0.3 is 41.2 Å². The van der Waals surface area contributed by atoms with Crippen molar-refractivity contribution in [1.82, 2.24) is 48.5 Å². The molecule has 10 N–H and O–H groups in total. The zero-order valence-corrected chi connectivity index (χ0v) is 82.2. The number of phenols is 1. The van der Waals surface area contributed by atoms with Crippen LogP contribution in [0, 0.1) is 48.9 Å². The molecule has 150 heavy (non-hydrogen) atoms. The minimum atomic E-state index is -2.50. The number of hydrazone groups is 1. The van der Waals surface area contributed by atoms with Gasteiger partial charge in [-0.25, -0.2) is 57.7 Å². The summed E-state index contributed by atoms with van der Waals surface area (Å²) in [6.07, 6.45) is 5.00. The number of anilines is 2. The van der Waals surface area contributed by atoms with E-state index in [0.29, 0.717) is 87.7 Å². The number of para-hydroxylation sites is 4. The van der Waals surface area contributed by atoms with Crippen LogP contribution in [0.15, 0.2) is 132 Å². The third-order valence-electron chi connectivity index (χ3n) is 28.0. The second kappa shape index (κ2) is 38.0. The molecule has 9 aliphatic heterocycles. The van der Waals surface area contributed by atoms with Crippen LogP contribution in [0.5, 0.6) is 5.75 Å². The fraction of sp³-hybridized carbons (Fsp3) is 0.324. The Morgan fingerprint density at radius 1 is 0.493 bits per heavy atom. The number of esters is 5. The standard InChI is InChI=1S/C27H16F4N4O7.C27H27N3O6.C26H30N4O4.C25H23N5O8/c1-2-27(39)15-13(9-42-26(27)38)25(37)34-8-12-11(7-32-21-16(28)18(30)24(36)19(31)17(21)29)10-5-3-4-6-14(10)33-20(12)23(34)22(15)35(40)41;1-5-27(34)20-17(13-35-25(27)33)24(32)30-12-16-14(10-11-19(31)36-26(2,3)4)15-8-6-7-9-18(15)29-22(16)23(30)21(20)28;1-5-26(33)19-17(12-34-24(26)32)23(31)30-11-16-15(10-28-13-25(2,3)4)14-8-6-7-9-18(14)29-21(16)22(30)20(19)27;1-2-25(33)19-17(11-38-24(25)32)23(31)29-10-16-15(9-26-28-7-8-36-13-37-12-28)14-5-3-4-6-18(14)27-20(16)22(29)21(19)30(34)35/h3-7,36,39H,2,8-9H2,1H3;6-11,34H,5,12-13,28H2,1-4H3;6-9,28,33H,5,10-13,27H2,1-4H3;3-6,9,33H,2,7-8,10-13H2,1H3/b;11-10+;;26-9+/t2*27-;26-;25-/m0000/s1. The average molecular weight is 2060 g/mol. The topological polar surface area (TPSA) is 569 Å². The summed E-state index contributed by atoms with van der Waals surface area (Å²) in [6.45, 7) is 19.4. The Balaban J connectivity index is 0.000000126. The average Bonchev–Trinajstić information content (AvgIpc) is 1.52. The lowest BCUT2D eigenvalue weighted by Crippen LogP contribution is -2.45. The fourth-order valence-electron chi connectivity index (χ4n) is 20.7. The van der Waals surface area contributed by atoms with E-state index >= 15 is 0 Å². The van der Waals surface area contributed by atoms with Crippen LogP contribution in [0.3, 0.4) is 0 Å². The molecule has 1 saturated heterocycles. The van der Waals surface area contributed by atoms with Crippen LogP contribution in [-0.2, 0) is 139 Å². The molecule has 9 aliphatic rings. The molecule has 4 atom stereocenters. The van der Waals surface area contributed by atoms with Crippen LogP contribution < -0.4 is 39.0 Å². The molecule has 0 aliphatic carbocycles. The van der Waals surface area contributed by atoms with Crippen molar-refractivity contribution in [2.75, 3.05) is 44.7 Å². The Labute approximate surface area is 845 Å². The van der Waals surface area contributed by atoms with Gasteiger partial charge in [0.25, 0.3) is 22.2 Å². The van der Waals surface area contributed by atoms with Crippen molar-refractivity contribution in [2.24, 2.45) is 15.5 Å². The molecule has 8 aromatic heterocycles. The van der Waals surface area contributed by atoms with E-state index < -0.39 is 149 Å². The summed E-state index contributed by atoms with van der Waals surface area (Å²) in [5, 5.41) is 91.7. The van der Waals surface area contributed by atoms with Crippen LogP contribution in [0.4, 0.5) is 46.0 Å². The number of rotatable bonds is 15. The number of nitrogens with one attached hydrogen (secondary N) is 1. The first-order valence-electron chi connectivity index (χ1n) is 47.7. The van der Waals surface area contributed by atoms with Gasteiger partial charge in [0.05, 0.1) is 145 Å². The number of phenolic OH excluding ortho intramolecular Hbond substituents is 1. The number of nitrogens with zero attached hydrogens (tertiary/aromatic N) is 13. The molecule has 0 radical (unpaired) electrons. The van der Waals surface area contributed by atoms with Crippen molar-refractivity contribution in [1.29, 1.82) is 0 Å². The number of halogens is 4. The smallest absolute Gasteiger partial charge is 0.343 e. The molecule has 0 spiro atoms. The Hall–Kier alpha value is -16.6. The summed E-state index contributed by atoms with van der Waals surface area (Å²) < 4.78 is 98.7. The quantitative estimate of drug-likeness (QED) is 0.00690. The van der Waals surface area contributed by atoms with E-state index in [9.17, 15) is 106 Å². The molecule has 1 fully saturated rings. The highest BCUT2D eigenvalue weighted by atomic mass is 19.2. The zero-order chi connectivity index (χ0) is 107. The van der Waals surface area contributed by atoms with Crippen molar-refractivity contribution in [3.63, 3.8) is 0 Å². The minimum absolute atomic E-state index is 0.00504. The zero-order valence-electron chi connectivity index (χ0n) is 82.2. The maximum Gasteiger partial charge on any atom is 0.343 e. The highest BCUT2D eigenvalue weighted by molar-refractivity contribution is 6.07. The number of pyridine rings is 8. The van der Waals surface area contributed by atoms with E-state index in [0.717, 1.165) is 50.1 Å². The van der Waals surface area contributed by atoms with E-state index in [1.165, 1.54) is 41.2 Å². The molecule has 45 heteroatoms. The van der Waals surface area contributed by atoms with Gasteiger partial charge in [0.15, 0.2) is 39.8 Å². The summed E-state index contributed by atoms with van der Waals surface area (Å²) >= 11 is 0. The highest BCUT2D eigenvalue weighted by Crippen LogP contribution is 2.53. The van der Waals surface area contributed by atoms with Crippen LogP contribution >= 0.6 is 0 Å². The van der Waals surface area contributed by atoms with E-state index in [1.807, 2.05) is 60.7 Å². The van der Waals surface area contributed by atoms with Crippen molar-refractivity contribution >= 4 is 120 Å². The maximum absolute atomic E-state index is 14.5. The Morgan fingerprint density at radius 2 is 0.847 bits per heavy atom. The minimum Gasteiger partial charge on any atom is -0.503 e. The summed E-state index contributed by atoms with van der Waals surface area (Å²) in [7, 11) is 0. The number of carbonyl (C=O) groups is 5. The number of ether oxygens (including phenoxy) is 7. The predicted octanol–water partition coefficient (Wildman–Crippen LogP) is 11.4. The summed E-state index contributed by atoms with van der Waals surface area (Å²) in [5.41, 5.74) is 7.39. The Morgan fingerprint density at radius 3 is 1.25 bits per heavy atom. The summed E-state index contributed by atoms with van der Waals surface area (Å²) in [5.74, 6) is -14.2. The van der Waals surface area contributed by atoms with Gasteiger partial charge in [-0.05, 0) is 93.3 Å². The van der Waals surface area contributed by atoms with Gasteiger partial charge in [-0.2, -0.15) is 13.9 Å². The van der Waals surface area contributed by atoms with Gasteiger partial charge in [-0.15, -0.1) is 0 Å². The maximum atomic E-state index is 14.5. The molecule has 41 nitrogen and oxygen atoms in total. The molecular weight excluding hydrogens is 1960 g/mol. The number of aromatic nitrogens is 8. The molecule has 22 rings (SSSR count). The second-order valence-electron chi connectivity index (χ2n) is 39.2. The van der Waals surface area contributed by atoms with Crippen LogP contribution in [0.1, 0.15) is 184 Å². The van der Waals surface area contributed by atoms with Gasteiger partial charge in [0.1, 0.15) is 74.0 Å². The number of cyclic esters (lactones) is 4. The van der Waals surface area contributed by atoms with Crippen molar-refractivity contribution in [2.45, 2.75) is 182 Å². The fourth-order valence-corrected chi connectivity index (χ4v) is 20.7. The number of hydrogen-bond acceptors (Lipinski definition) is 35.